The number of nitrogens with two attached hydrogens (primary N) is 3. The summed E-state index contributed by atoms with van der Waals surface area (Å²) in [5.41, 5.74) is 22.3. The Morgan fingerprint density at radius 3 is 1.23 bits per heavy atom. The summed E-state index contributed by atoms with van der Waals surface area (Å²) in [6.07, 6.45) is 0. The number of anilines is 3. The Balaban J connectivity index is 1.93. The van der Waals surface area contributed by atoms with E-state index in [1.807, 2.05) is 77.4 Å². The molecular formula is C20H18N6. The fraction of sp³-hybridized carbons (Fsp3) is 0. The van der Waals surface area contributed by atoms with Crippen LogP contribution in [0.15, 0.2) is 72.8 Å². The molecule has 1 heterocycles. The highest BCUT2D eigenvalue weighted by atomic mass is 15.3. The van der Waals surface area contributed by atoms with Gasteiger partial charge in [-0.05, 0) is 72.8 Å². The van der Waals surface area contributed by atoms with Crippen molar-refractivity contribution in [3.05, 3.63) is 72.8 Å². The van der Waals surface area contributed by atoms with Crippen molar-refractivity contribution in [1.29, 1.82) is 0 Å². The van der Waals surface area contributed by atoms with Gasteiger partial charge in [-0.15, -0.1) is 10.2 Å². The second-order valence-electron chi connectivity index (χ2n) is 6.02. The van der Waals surface area contributed by atoms with E-state index in [4.69, 9.17) is 17.2 Å². The summed E-state index contributed by atoms with van der Waals surface area (Å²) in [7, 11) is 0. The molecule has 0 radical (unpaired) electrons. The lowest BCUT2D eigenvalue weighted by Gasteiger charge is -2.11. The van der Waals surface area contributed by atoms with Crippen molar-refractivity contribution in [2.24, 2.45) is 0 Å². The quantitative estimate of drug-likeness (QED) is 0.495. The standard InChI is InChI=1S/C20H18N6/c21-15-5-1-13(2-6-15)19-24-25-20(14-3-7-16(22)8-4-14)26(19)18-11-9-17(23)10-12-18/h1-12H,21-23H2. The maximum atomic E-state index is 5.84. The fourth-order valence-electron chi connectivity index (χ4n) is 2.79. The van der Waals surface area contributed by atoms with Gasteiger partial charge in [-0.25, -0.2) is 0 Å². The van der Waals surface area contributed by atoms with Crippen LogP contribution in [0.2, 0.25) is 0 Å². The smallest absolute Gasteiger partial charge is 0.168 e. The van der Waals surface area contributed by atoms with Gasteiger partial charge in [0.1, 0.15) is 0 Å². The molecule has 26 heavy (non-hydrogen) atoms. The van der Waals surface area contributed by atoms with Crippen LogP contribution in [0.1, 0.15) is 0 Å². The normalized spacial score (nSPS) is 10.8. The van der Waals surface area contributed by atoms with Crippen LogP contribution in [0, 0.1) is 0 Å². The summed E-state index contributed by atoms with van der Waals surface area (Å²) in [5.74, 6) is 1.45. The Bertz CT molecular complexity index is 968. The molecule has 0 aliphatic rings. The highest BCUT2D eigenvalue weighted by Crippen LogP contribution is 2.29. The van der Waals surface area contributed by atoms with E-state index in [0.29, 0.717) is 17.1 Å². The molecule has 3 aromatic carbocycles. The maximum Gasteiger partial charge on any atom is 0.168 e. The fourth-order valence-corrected chi connectivity index (χ4v) is 2.79. The molecule has 0 aliphatic carbocycles. The van der Waals surface area contributed by atoms with Crippen molar-refractivity contribution in [3.63, 3.8) is 0 Å². The zero-order chi connectivity index (χ0) is 18.1. The van der Waals surface area contributed by atoms with Gasteiger partial charge in [0.05, 0.1) is 0 Å². The Labute approximate surface area is 150 Å². The summed E-state index contributed by atoms with van der Waals surface area (Å²) in [6, 6.07) is 22.7. The zero-order valence-electron chi connectivity index (χ0n) is 14.0. The van der Waals surface area contributed by atoms with Gasteiger partial charge in [-0.3, -0.25) is 4.57 Å². The number of nitrogen functional groups attached to an aromatic ring is 3. The molecule has 0 fully saturated rings. The molecule has 0 bridgehead atoms. The number of rotatable bonds is 3. The van der Waals surface area contributed by atoms with Crippen LogP contribution in [-0.4, -0.2) is 14.8 Å². The van der Waals surface area contributed by atoms with Gasteiger partial charge < -0.3 is 17.2 Å². The molecule has 0 saturated heterocycles. The van der Waals surface area contributed by atoms with Crippen LogP contribution in [0.5, 0.6) is 0 Å². The molecular weight excluding hydrogens is 324 g/mol. The number of benzene rings is 3. The minimum atomic E-state index is 0.699. The van der Waals surface area contributed by atoms with Crippen LogP contribution in [-0.2, 0) is 0 Å². The molecule has 4 rings (SSSR count). The Morgan fingerprint density at radius 1 is 0.500 bits per heavy atom. The first-order valence-corrected chi connectivity index (χ1v) is 8.15. The van der Waals surface area contributed by atoms with Crippen LogP contribution >= 0.6 is 0 Å². The summed E-state index contributed by atoms with van der Waals surface area (Å²) in [4.78, 5) is 0. The first-order chi connectivity index (χ1) is 12.6. The molecule has 6 nitrogen and oxygen atoms in total. The van der Waals surface area contributed by atoms with Crippen LogP contribution < -0.4 is 17.2 Å². The van der Waals surface area contributed by atoms with Gasteiger partial charge in [0.15, 0.2) is 11.6 Å². The number of hydrogen-bond donors (Lipinski definition) is 3. The zero-order valence-corrected chi connectivity index (χ0v) is 14.0. The molecule has 0 unspecified atom stereocenters. The largest absolute Gasteiger partial charge is 0.399 e. The molecule has 6 heteroatoms. The second kappa shape index (κ2) is 6.25. The summed E-state index contributed by atoms with van der Waals surface area (Å²) in [5, 5.41) is 8.85. The molecule has 0 atom stereocenters. The van der Waals surface area contributed by atoms with Crippen molar-refractivity contribution < 1.29 is 0 Å². The van der Waals surface area contributed by atoms with E-state index in [9.17, 15) is 0 Å². The molecule has 4 aromatic rings. The van der Waals surface area contributed by atoms with Gasteiger partial charge in [0, 0.05) is 33.9 Å². The number of nitrogens with zero attached hydrogens (tertiary/aromatic N) is 3. The third-order valence-electron chi connectivity index (χ3n) is 4.15. The van der Waals surface area contributed by atoms with Crippen molar-refractivity contribution in [2.75, 3.05) is 17.2 Å². The Kier molecular flexibility index (Phi) is 3.78. The average Bonchev–Trinajstić information content (AvgIpc) is 3.08. The average molecular weight is 342 g/mol. The van der Waals surface area contributed by atoms with Crippen molar-refractivity contribution in [2.45, 2.75) is 0 Å². The summed E-state index contributed by atoms with van der Waals surface area (Å²) in [6.45, 7) is 0. The minimum Gasteiger partial charge on any atom is -0.399 e. The third kappa shape index (κ3) is 2.84. The van der Waals surface area contributed by atoms with E-state index in [1.165, 1.54) is 0 Å². The van der Waals surface area contributed by atoms with Crippen LogP contribution in [0.25, 0.3) is 28.5 Å². The molecule has 128 valence electrons. The molecule has 0 amide bonds. The monoisotopic (exact) mass is 342 g/mol. The number of hydrogen-bond acceptors (Lipinski definition) is 5. The molecule has 0 saturated carbocycles. The maximum absolute atomic E-state index is 5.84. The van der Waals surface area contributed by atoms with Crippen LogP contribution in [0.3, 0.4) is 0 Å². The first kappa shape index (κ1) is 15.7. The minimum absolute atomic E-state index is 0.699. The van der Waals surface area contributed by atoms with Gasteiger partial charge in [0.2, 0.25) is 0 Å². The van der Waals surface area contributed by atoms with Crippen molar-refractivity contribution >= 4 is 17.1 Å². The van der Waals surface area contributed by atoms with Gasteiger partial charge in [0.25, 0.3) is 0 Å². The Hall–Kier alpha value is -3.80. The van der Waals surface area contributed by atoms with E-state index in [-0.39, 0.29) is 0 Å². The van der Waals surface area contributed by atoms with E-state index < -0.39 is 0 Å². The van der Waals surface area contributed by atoms with E-state index in [1.54, 1.807) is 0 Å². The van der Waals surface area contributed by atoms with Crippen molar-refractivity contribution in [3.8, 4) is 28.5 Å². The third-order valence-corrected chi connectivity index (χ3v) is 4.15. The van der Waals surface area contributed by atoms with Crippen molar-refractivity contribution in [1.82, 2.24) is 14.8 Å². The lowest BCUT2D eigenvalue weighted by atomic mass is 10.1. The predicted octanol–water partition coefficient (Wildman–Crippen LogP) is 3.35. The molecule has 6 N–H and O–H groups in total. The lowest BCUT2D eigenvalue weighted by molar-refractivity contribution is 1.07. The van der Waals surface area contributed by atoms with E-state index in [0.717, 1.165) is 28.5 Å². The summed E-state index contributed by atoms with van der Waals surface area (Å²) < 4.78 is 2.00. The topological polar surface area (TPSA) is 109 Å². The second-order valence-corrected chi connectivity index (χ2v) is 6.02. The molecule has 1 aromatic heterocycles. The first-order valence-electron chi connectivity index (χ1n) is 8.15. The van der Waals surface area contributed by atoms with Gasteiger partial charge in [-0.2, -0.15) is 0 Å². The molecule has 0 spiro atoms. The summed E-state index contributed by atoms with van der Waals surface area (Å²) >= 11 is 0. The lowest BCUT2D eigenvalue weighted by Crippen LogP contribution is -2.01. The van der Waals surface area contributed by atoms with Gasteiger partial charge in [-0.1, -0.05) is 0 Å². The van der Waals surface area contributed by atoms with E-state index in [2.05, 4.69) is 10.2 Å². The Morgan fingerprint density at radius 2 is 0.846 bits per heavy atom. The number of aromatic nitrogens is 3. The van der Waals surface area contributed by atoms with Crippen LogP contribution in [0.4, 0.5) is 17.1 Å². The van der Waals surface area contributed by atoms with Gasteiger partial charge >= 0.3 is 0 Å². The highest BCUT2D eigenvalue weighted by molar-refractivity contribution is 5.69. The SMILES string of the molecule is Nc1ccc(-c2nnc(-c3ccc(N)cc3)n2-c2ccc(N)cc2)cc1. The molecule has 0 aliphatic heterocycles. The van der Waals surface area contributed by atoms with E-state index >= 15 is 0 Å². The highest BCUT2D eigenvalue weighted by Gasteiger charge is 2.17. The predicted molar refractivity (Wildman–Crippen MR) is 105 cm³/mol.